The van der Waals surface area contributed by atoms with Gasteiger partial charge in [-0.05, 0) is 113 Å². The zero-order valence-electron chi connectivity index (χ0n) is 24.5. The number of carbonyl (C=O) groups is 1. The minimum atomic E-state index is -1.22. The molecule has 0 aromatic carbocycles. The molecule has 0 radical (unpaired) electrons. The summed E-state index contributed by atoms with van der Waals surface area (Å²) in [6.07, 6.45) is 9.65. The van der Waals surface area contributed by atoms with Crippen LogP contribution in [0.4, 0.5) is 0 Å². The van der Waals surface area contributed by atoms with Gasteiger partial charge in [0.25, 0.3) is 0 Å². The van der Waals surface area contributed by atoms with Gasteiger partial charge in [-0.3, -0.25) is 9.69 Å². The Morgan fingerprint density at radius 2 is 1.53 bits per heavy atom. The molecule has 8 heteroatoms. The quantitative estimate of drug-likeness (QED) is 0.271. The topological polar surface area (TPSA) is 102 Å². The highest BCUT2D eigenvalue weighted by molar-refractivity contribution is 5.85. The lowest BCUT2D eigenvalue weighted by Crippen LogP contribution is -2.56. The molecule has 1 amide bonds. The first-order chi connectivity index (χ1) is 17.3. The van der Waals surface area contributed by atoms with Crippen LogP contribution in [0.15, 0.2) is 0 Å². The first-order valence-corrected chi connectivity index (χ1v) is 14.9. The fourth-order valence-corrected chi connectivity index (χ4v) is 9.04. The Labute approximate surface area is 236 Å². The summed E-state index contributed by atoms with van der Waals surface area (Å²) in [5.41, 5.74) is 0.0406. The normalized spacial score (nSPS) is 36.9. The Hall–Kier alpha value is -0.440. The summed E-state index contributed by atoms with van der Waals surface area (Å²) < 4.78 is 6.22. The Kier molecular flexibility index (Phi) is 10.6. The van der Waals surface area contributed by atoms with Crippen molar-refractivity contribution in [3.8, 4) is 0 Å². The number of amides is 1. The number of halogens is 1. The highest BCUT2D eigenvalue weighted by atomic mass is 35.5. The molecule has 7 nitrogen and oxygen atoms in total. The average molecular weight is 559 g/mol. The maximum absolute atomic E-state index is 13.3. The lowest BCUT2D eigenvalue weighted by atomic mass is 9.50. The molecule has 5 fully saturated rings. The van der Waals surface area contributed by atoms with Gasteiger partial charge in [-0.2, -0.15) is 0 Å². The van der Waals surface area contributed by atoms with Crippen LogP contribution in [0.5, 0.6) is 0 Å². The van der Waals surface area contributed by atoms with Crippen LogP contribution in [0.3, 0.4) is 0 Å². The molecular formula is C30H55ClN2O5. The summed E-state index contributed by atoms with van der Waals surface area (Å²) >= 11 is 0. The molecule has 4 saturated carbocycles. The van der Waals surface area contributed by atoms with Crippen LogP contribution < -0.4 is 5.32 Å². The van der Waals surface area contributed by atoms with E-state index in [1.807, 2.05) is 18.7 Å². The van der Waals surface area contributed by atoms with E-state index in [1.54, 1.807) is 0 Å². The van der Waals surface area contributed by atoms with Gasteiger partial charge < -0.3 is 25.4 Å². The summed E-state index contributed by atoms with van der Waals surface area (Å²) in [4.78, 5) is 15.1. The van der Waals surface area contributed by atoms with Crippen LogP contribution in [0.2, 0.25) is 0 Å². The smallest absolute Gasteiger partial charge is 0.240 e. The zero-order chi connectivity index (χ0) is 27.0. The molecule has 5 rings (SSSR count). The number of aliphatic hydroxyl groups excluding tert-OH is 3. The minimum absolute atomic E-state index is 0. The van der Waals surface area contributed by atoms with Crippen LogP contribution in [0.1, 0.15) is 98.8 Å². The van der Waals surface area contributed by atoms with Crippen molar-refractivity contribution in [1.29, 1.82) is 0 Å². The number of unbranched alkanes of at least 4 members (excludes halogenated alkanes) is 2. The Bertz CT molecular complexity index is 750. The lowest BCUT2D eigenvalue weighted by molar-refractivity contribution is -0.131. The predicted molar refractivity (Wildman–Crippen MR) is 152 cm³/mol. The van der Waals surface area contributed by atoms with E-state index < -0.39 is 29.8 Å². The number of carbonyl (C=O) groups excluding carboxylic acids is 1. The van der Waals surface area contributed by atoms with Crippen molar-refractivity contribution in [2.24, 2.45) is 28.6 Å². The number of likely N-dealkylation sites (tertiary alicyclic amines) is 1. The van der Waals surface area contributed by atoms with Gasteiger partial charge in [0.15, 0.2) is 0 Å². The van der Waals surface area contributed by atoms with Crippen LogP contribution in [-0.4, -0.2) is 82.3 Å². The monoisotopic (exact) mass is 558 g/mol. The van der Waals surface area contributed by atoms with Gasteiger partial charge in [0.2, 0.25) is 5.91 Å². The lowest BCUT2D eigenvalue weighted by Gasteiger charge is -2.56. The molecule has 0 aromatic heterocycles. The third-order valence-electron chi connectivity index (χ3n) is 9.52. The van der Waals surface area contributed by atoms with Gasteiger partial charge in [-0.25, -0.2) is 0 Å². The Balaban J connectivity index is 0.00000400. The van der Waals surface area contributed by atoms with Gasteiger partial charge >= 0.3 is 0 Å². The van der Waals surface area contributed by atoms with Gasteiger partial charge in [0, 0.05) is 12.1 Å². The summed E-state index contributed by atoms with van der Waals surface area (Å²) in [7, 11) is 0. The van der Waals surface area contributed by atoms with Gasteiger partial charge in [0.1, 0.15) is 12.1 Å². The third kappa shape index (κ3) is 7.64. The number of hydrogen-bond donors (Lipinski definition) is 4. The van der Waals surface area contributed by atoms with Crippen molar-refractivity contribution < 1.29 is 24.9 Å². The molecule has 222 valence electrons. The Morgan fingerprint density at radius 1 is 0.947 bits per heavy atom. The van der Waals surface area contributed by atoms with E-state index in [-0.39, 0.29) is 30.3 Å². The molecule has 5 aliphatic rings. The van der Waals surface area contributed by atoms with Gasteiger partial charge in [-0.1, -0.05) is 20.8 Å². The number of nitrogens with one attached hydrogen (secondary N) is 1. The second-order valence-electron chi connectivity index (χ2n) is 15.1. The van der Waals surface area contributed by atoms with Crippen molar-refractivity contribution >= 4 is 18.3 Å². The molecule has 4 N–H and O–H groups in total. The van der Waals surface area contributed by atoms with E-state index in [2.05, 4.69) is 26.1 Å². The van der Waals surface area contributed by atoms with E-state index in [9.17, 15) is 20.1 Å². The van der Waals surface area contributed by atoms with Crippen molar-refractivity contribution in [3.05, 3.63) is 0 Å². The molecule has 1 saturated heterocycles. The molecular weight excluding hydrogens is 504 g/mol. The fourth-order valence-electron chi connectivity index (χ4n) is 9.04. The highest BCUT2D eigenvalue weighted by Crippen LogP contribution is 2.60. The summed E-state index contributed by atoms with van der Waals surface area (Å²) in [5, 5.41) is 34.3. The second kappa shape index (κ2) is 12.6. The third-order valence-corrected chi connectivity index (χ3v) is 9.52. The second-order valence-corrected chi connectivity index (χ2v) is 15.1. The summed E-state index contributed by atoms with van der Waals surface area (Å²) in [6.45, 7) is 12.3. The maximum atomic E-state index is 13.3. The van der Waals surface area contributed by atoms with Crippen LogP contribution >= 0.6 is 12.4 Å². The molecule has 4 atom stereocenters. The van der Waals surface area contributed by atoms with Crippen molar-refractivity contribution in [2.75, 3.05) is 26.4 Å². The molecule has 1 aliphatic heterocycles. The number of aliphatic hydroxyl groups is 3. The first-order valence-electron chi connectivity index (χ1n) is 14.9. The van der Waals surface area contributed by atoms with E-state index in [4.69, 9.17) is 4.74 Å². The van der Waals surface area contributed by atoms with Crippen LogP contribution in [0.25, 0.3) is 0 Å². The van der Waals surface area contributed by atoms with Crippen LogP contribution in [-0.2, 0) is 9.53 Å². The molecule has 4 aliphatic carbocycles. The number of hydrogen-bond acceptors (Lipinski definition) is 6. The first kappa shape index (κ1) is 32.1. The minimum Gasteiger partial charge on any atom is -0.395 e. The maximum Gasteiger partial charge on any atom is 0.240 e. The Morgan fingerprint density at radius 3 is 2.05 bits per heavy atom. The summed E-state index contributed by atoms with van der Waals surface area (Å²) in [6, 6.07) is -1.50. The van der Waals surface area contributed by atoms with Gasteiger partial charge in [0.05, 0.1) is 25.4 Å². The van der Waals surface area contributed by atoms with E-state index >= 15 is 0 Å². The average Bonchev–Trinajstić information content (AvgIpc) is 2.99. The van der Waals surface area contributed by atoms with E-state index in [0.29, 0.717) is 12.0 Å². The SMILES string of the molecule is CC(C)(C)CC(C)(C)NC(=O)[C@H]1[C@@H](O)[C@@H](O)[C@@H](CO)N1CCCCCOCC12CC3CC(CC(C3)C1)C2.Cl. The number of ether oxygens (including phenoxy) is 1. The molecule has 1 heterocycles. The molecule has 0 aromatic rings. The molecule has 38 heavy (non-hydrogen) atoms. The zero-order valence-corrected chi connectivity index (χ0v) is 25.3. The van der Waals surface area contributed by atoms with E-state index in [1.165, 1.54) is 38.5 Å². The van der Waals surface area contributed by atoms with Crippen molar-refractivity contribution in [1.82, 2.24) is 10.2 Å². The standard InChI is InChI=1S/C30H54N2O5.ClH/c1-28(2,3)18-29(4,5)31-27(36)24-26(35)25(34)23(17-33)32(24)9-7-6-8-10-37-19-30-14-20-11-21(15-30)13-22(12-20)16-30;/h20-26,33-35H,6-19H2,1-5H3,(H,31,36);1H/t20?,21?,22?,23-,24-,25+,26-,30?;/m1./s1. The summed E-state index contributed by atoms with van der Waals surface area (Å²) in [5.74, 6) is 2.56. The van der Waals surface area contributed by atoms with Gasteiger partial charge in [-0.15, -0.1) is 12.4 Å². The van der Waals surface area contributed by atoms with E-state index in [0.717, 1.165) is 56.7 Å². The number of rotatable bonds is 12. The molecule has 4 bridgehead atoms. The highest BCUT2D eigenvalue weighted by Gasteiger charge is 2.52. The van der Waals surface area contributed by atoms with Crippen molar-refractivity contribution in [3.63, 3.8) is 0 Å². The fraction of sp³-hybridized carbons (Fsp3) is 0.967. The predicted octanol–water partition coefficient (Wildman–Crippen LogP) is 3.91. The largest absolute Gasteiger partial charge is 0.395 e. The van der Waals surface area contributed by atoms with Crippen LogP contribution in [0, 0.1) is 28.6 Å². The number of nitrogens with zero attached hydrogens (tertiary/aromatic N) is 1. The molecule has 0 unspecified atom stereocenters. The molecule has 0 spiro atoms. The van der Waals surface area contributed by atoms with Crippen molar-refractivity contribution in [2.45, 2.75) is 129 Å².